The third kappa shape index (κ3) is 2.73. The normalized spacial score (nSPS) is 17.4. The number of hydrazine groups is 1. The monoisotopic (exact) mass is 276 g/mol. The SMILES string of the molecule is O=[PH](O)OC1=C(O)N(c2ccc(Cl)cc2)NC1. The Morgan fingerprint density at radius 2 is 2.06 bits per heavy atom. The molecule has 92 valence electrons. The van der Waals surface area contributed by atoms with Gasteiger partial charge in [0.15, 0.2) is 5.76 Å². The van der Waals surface area contributed by atoms with Gasteiger partial charge < -0.3 is 14.5 Å². The first-order valence-corrected chi connectivity index (χ1v) is 6.34. The highest BCUT2D eigenvalue weighted by molar-refractivity contribution is 7.32. The third-order valence-electron chi connectivity index (χ3n) is 2.15. The molecule has 6 nitrogen and oxygen atoms in total. The molecule has 2 rings (SSSR count). The van der Waals surface area contributed by atoms with Crippen molar-refractivity contribution in [3.8, 4) is 0 Å². The molecule has 1 unspecified atom stereocenters. The van der Waals surface area contributed by atoms with Crippen LogP contribution in [0.1, 0.15) is 0 Å². The van der Waals surface area contributed by atoms with E-state index in [1.807, 2.05) is 0 Å². The number of halogens is 1. The highest BCUT2D eigenvalue weighted by atomic mass is 35.5. The minimum Gasteiger partial charge on any atom is -0.491 e. The highest BCUT2D eigenvalue weighted by Gasteiger charge is 2.25. The van der Waals surface area contributed by atoms with Crippen LogP contribution >= 0.6 is 19.9 Å². The van der Waals surface area contributed by atoms with Gasteiger partial charge in [-0.2, -0.15) is 0 Å². The summed E-state index contributed by atoms with van der Waals surface area (Å²) in [7, 11) is -3.12. The van der Waals surface area contributed by atoms with E-state index in [1.165, 1.54) is 5.01 Å². The first kappa shape index (κ1) is 12.3. The molecule has 8 heteroatoms. The molecule has 0 bridgehead atoms. The Labute approximate surface area is 103 Å². The molecule has 1 aromatic rings. The molecule has 0 saturated carbocycles. The standard InChI is InChI=1S/C9H10ClN2O4P/c10-6-1-3-7(4-2-6)12-9(13)8(5-11-12)16-17(14)15/h1-4,11,13,17H,5H2,(H,14,15). The molecule has 1 aromatic carbocycles. The van der Waals surface area contributed by atoms with Gasteiger partial charge in [0.05, 0.1) is 12.2 Å². The van der Waals surface area contributed by atoms with Crippen molar-refractivity contribution in [3.63, 3.8) is 0 Å². The first-order valence-electron chi connectivity index (χ1n) is 4.70. The molecule has 17 heavy (non-hydrogen) atoms. The summed E-state index contributed by atoms with van der Waals surface area (Å²) >= 11 is 5.74. The lowest BCUT2D eigenvalue weighted by Crippen LogP contribution is -2.31. The Morgan fingerprint density at radius 3 is 2.65 bits per heavy atom. The van der Waals surface area contributed by atoms with Crippen molar-refractivity contribution in [1.82, 2.24) is 5.43 Å². The van der Waals surface area contributed by atoms with Gasteiger partial charge in [-0.05, 0) is 24.3 Å². The number of aliphatic hydroxyl groups is 1. The second-order valence-electron chi connectivity index (χ2n) is 3.26. The van der Waals surface area contributed by atoms with E-state index in [0.717, 1.165) is 0 Å². The summed E-state index contributed by atoms with van der Waals surface area (Å²) in [5.74, 6) is -0.203. The zero-order valence-corrected chi connectivity index (χ0v) is 10.3. The molecule has 0 aromatic heterocycles. The molecule has 0 fully saturated rings. The van der Waals surface area contributed by atoms with E-state index in [0.29, 0.717) is 10.7 Å². The van der Waals surface area contributed by atoms with Gasteiger partial charge >= 0.3 is 8.25 Å². The fraction of sp³-hybridized carbons (Fsp3) is 0.111. The number of aliphatic hydroxyl groups excluding tert-OH is 1. The van der Waals surface area contributed by atoms with Crippen molar-refractivity contribution in [2.24, 2.45) is 0 Å². The second kappa shape index (κ2) is 4.98. The van der Waals surface area contributed by atoms with Gasteiger partial charge in [0, 0.05) is 5.02 Å². The second-order valence-corrected chi connectivity index (χ2v) is 4.43. The van der Waals surface area contributed by atoms with E-state index in [2.05, 4.69) is 9.95 Å². The maximum Gasteiger partial charge on any atom is 0.365 e. The van der Waals surface area contributed by atoms with Gasteiger partial charge in [-0.25, -0.2) is 15.0 Å². The van der Waals surface area contributed by atoms with Gasteiger partial charge in [0.2, 0.25) is 5.88 Å². The average molecular weight is 277 g/mol. The molecule has 0 aliphatic carbocycles. The van der Waals surface area contributed by atoms with Gasteiger partial charge in [-0.3, -0.25) is 0 Å². The summed E-state index contributed by atoms with van der Waals surface area (Å²) < 4.78 is 15.1. The molecular weight excluding hydrogens is 267 g/mol. The van der Waals surface area contributed by atoms with Crippen LogP contribution in [0.5, 0.6) is 0 Å². The molecule has 1 aliphatic heterocycles. The van der Waals surface area contributed by atoms with Crippen molar-refractivity contribution >= 4 is 25.5 Å². The van der Waals surface area contributed by atoms with E-state index in [1.54, 1.807) is 24.3 Å². The predicted molar refractivity (Wildman–Crippen MR) is 63.9 cm³/mol. The lowest BCUT2D eigenvalue weighted by molar-refractivity contribution is 0.316. The molecule has 0 radical (unpaired) electrons. The van der Waals surface area contributed by atoms with E-state index in [4.69, 9.17) is 16.5 Å². The van der Waals surface area contributed by atoms with Crippen LogP contribution in [-0.2, 0) is 9.09 Å². The topological polar surface area (TPSA) is 82.0 Å². The number of nitrogens with zero attached hydrogens (tertiary/aromatic N) is 1. The number of hydrogen-bond acceptors (Lipinski definition) is 5. The number of benzene rings is 1. The zero-order chi connectivity index (χ0) is 12.4. The molecule has 1 atom stereocenters. The quantitative estimate of drug-likeness (QED) is 0.730. The molecule has 0 spiro atoms. The van der Waals surface area contributed by atoms with Crippen LogP contribution in [0.3, 0.4) is 0 Å². The van der Waals surface area contributed by atoms with E-state index < -0.39 is 8.25 Å². The average Bonchev–Trinajstić information content (AvgIpc) is 2.61. The smallest absolute Gasteiger partial charge is 0.365 e. The Hall–Kier alpha value is -1.20. The minimum atomic E-state index is -3.12. The molecule has 1 heterocycles. The molecular formula is C9H10ClN2O4P. The summed E-state index contributed by atoms with van der Waals surface area (Å²) in [4.78, 5) is 8.64. The van der Waals surface area contributed by atoms with Crippen molar-refractivity contribution in [2.75, 3.05) is 11.6 Å². The third-order valence-corrected chi connectivity index (χ3v) is 2.83. The summed E-state index contributed by atoms with van der Waals surface area (Å²) in [6.45, 7) is 0.144. The zero-order valence-electron chi connectivity index (χ0n) is 8.55. The van der Waals surface area contributed by atoms with Crippen molar-refractivity contribution in [1.29, 1.82) is 0 Å². The lowest BCUT2D eigenvalue weighted by Gasteiger charge is -2.17. The van der Waals surface area contributed by atoms with Crippen LogP contribution in [-0.4, -0.2) is 16.5 Å². The van der Waals surface area contributed by atoms with Crippen LogP contribution in [0, 0.1) is 0 Å². The van der Waals surface area contributed by atoms with Crippen LogP contribution < -0.4 is 10.4 Å². The van der Waals surface area contributed by atoms with Crippen molar-refractivity contribution in [2.45, 2.75) is 0 Å². The maximum absolute atomic E-state index is 10.5. The lowest BCUT2D eigenvalue weighted by atomic mass is 10.3. The molecule has 0 saturated heterocycles. The Balaban J connectivity index is 2.21. The maximum atomic E-state index is 10.5. The number of rotatable bonds is 3. The molecule has 3 N–H and O–H groups in total. The van der Waals surface area contributed by atoms with E-state index >= 15 is 0 Å². The Bertz CT molecular complexity index is 476. The minimum absolute atomic E-state index is 0.0336. The summed E-state index contributed by atoms with van der Waals surface area (Å²) in [6, 6.07) is 6.71. The Morgan fingerprint density at radius 1 is 1.41 bits per heavy atom. The van der Waals surface area contributed by atoms with Crippen LogP contribution in [0.15, 0.2) is 35.9 Å². The fourth-order valence-electron chi connectivity index (χ4n) is 1.42. The van der Waals surface area contributed by atoms with Gasteiger partial charge in [-0.1, -0.05) is 11.6 Å². The predicted octanol–water partition coefficient (Wildman–Crippen LogP) is 1.79. The van der Waals surface area contributed by atoms with Gasteiger partial charge in [-0.15, -0.1) is 0 Å². The summed E-state index contributed by atoms with van der Waals surface area (Å²) in [5.41, 5.74) is 3.45. The van der Waals surface area contributed by atoms with Crippen LogP contribution in [0.2, 0.25) is 5.02 Å². The number of hydrogen-bond donors (Lipinski definition) is 3. The highest BCUT2D eigenvalue weighted by Crippen LogP contribution is 2.28. The first-order chi connectivity index (χ1) is 8.08. The van der Waals surface area contributed by atoms with Gasteiger partial charge in [0.25, 0.3) is 0 Å². The van der Waals surface area contributed by atoms with Crippen molar-refractivity contribution < 1.29 is 19.1 Å². The van der Waals surface area contributed by atoms with Gasteiger partial charge in [0.1, 0.15) is 0 Å². The van der Waals surface area contributed by atoms with E-state index in [9.17, 15) is 9.67 Å². The Kier molecular flexibility index (Phi) is 3.59. The largest absolute Gasteiger partial charge is 0.491 e. The number of anilines is 1. The van der Waals surface area contributed by atoms with Crippen LogP contribution in [0.25, 0.3) is 0 Å². The van der Waals surface area contributed by atoms with E-state index in [-0.39, 0.29) is 18.2 Å². The number of nitrogens with one attached hydrogen (secondary N) is 1. The summed E-state index contributed by atoms with van der Waals surface area (Å²) in [6.07, 6.45) is 0. The van der Waals surface area contributed by atoms with Crippen LogP contribution in [0.4, 0.5) is 5.69 Å². The van der Waals surface area contributed by atoms with Crippen molar-refractivity contribution in [3.05, 3.63) is 40.9 Å². The fourth-order valence-corrected chi connectivity index (χ4v) is 1.92. The molecule has 1 aliphatic rings. The summed E-state index contributed by atoms with van der Waals surface area (Å²) in [5, 5.41) is 11.7. The molecule has 0 amide bonds.